The molecule has 0 aliphatic heterocycles. The first-order valence-electron chi connectivity index (χ1n) is 5.69. The molecule has 0 spiro atoms. The van der Waals surface area contributed by atoms with Gasteiger partial charge in [-0.05, 0) is 32.3 Å². The van der Waals surface area contributed by atoms with Gasteiger partial charge in [-0.3, -0.25) is 0 Å². The van der Waals surface area contributed by atoms with Crippen molar-refractivity contribution in [1.29, 1.82) is 0 Å². The second-order valence-electron chi connectivity index (χ2n) is 4.05. The molecule has 0 radical (unpaired) electrons. The molecule has 88 valence electrons. The van der Waals surface area contributed by atoms with E-state index in [1.54, 1.807) is 6.92 Å². The summed E-state index contributed by atoms with van der Waals surface area (Å²) < 4.78 is 0. The van der Waals surface area contributed by atoms with Gasteiger partial charge in [-0.1, -0.05) is 26.2 Å². The fourth-order valence-electron chi connectivity index (χ4n) is 1.64. The molecule has 0 aromatic carbocycles. The molecule has 0 aliphatic carbocycles. The molecule has 0 aromatic heterocycles. The first-order chi connectivity index (χ1) is 7.00. The van der Waals surface area contributed by atoms with Gasteiger partial charge in [-0.15, -0.1) is 0 Å². The van der Waals surface area contributed by atoms with Crippen LogP contribution in [0.25, 0.3) is 0 Å². The Morgan fingerprint density at radius 1 is 1.33 bits per heavy atom. The van der Waals surface area contributed by atoms with E-state index in [9.17, 15) is 4.79 Å². The van der Waals surface area contributed by atoms with Crippen molar-refractivity contribution in [3.8, 4) is 0 Å². The highest BCUT2D eigenvalue weighted by molar-refractivity contribution is 5.87. The fraction of sp³-hybridized carbons (Fsp3) is 0.750. The number of carboxylic acids is 1. The van der Waals surface area contributed by atoms with Crippen LogP contribution < -0.4 is 5.73 Å². The summed E-state index contributed by atoms with van der Waals surface area (Å²) >= 11 is 0. The van der Waals surface area contributed by atoms with E-state index in [1.165, 1.54) is 12.8 Å². The minimum Gasteiger partial charge on any atom is -0.478 e. The van der Waals surface area contributed by atoms with Crippen LogP contribution in [0.5, 0.6) is 0 Å². The molecule has 1 unspecified atom stereocenters. The molecule has 3 heteroatoms. The van der Waals surface area contributed by atoms with Crippen molar-refractivity contribution in [3.05, 3.63) is 11.1 Å². The highest BCUT2D eigenvalue weighted by Gasteiger charge is 2.12. The van der Waals surface area contributed by atoms with E-state index < -0.39 is 5.97 Å². The third-order valence-corrected chi connectivity index (χ3v) is 2.65. The number of aliphatic carboxylic acids is 1. The van der Waals surface area contributed by atoms with E-state index in [1.807, 2.05) is 6.92 Å². The fourth-order valence-corrected chi connectivity index (χ4v) is 1.64. The van der Waals surface area contributed by atoms with Gasteiger partial charge < -0.3 is 10.8 Å². The molecule has 0 aromatic rings. The summed E-state index contributed by atoms with van der Waals surface area (Å²) in [7, 11) is 0. The maximum absolute atomic E-state index is 10.8. The van der Waals surface area contributed by atoms with Gasteiger partial charge in [0.25, 0.3) is 0 Å². The van der Waals surface area contributed by atoms with Crippen molar-refractivity contribution >= 4 is 5.97 Å². The Bertz CT molecular complexity index is 232. The van der Waals surface area contributed by atoms with Crippen molar-refractivity contribution in [2.75, 3.05) is 0 Å². The van der Waals surface area contributed by atoms with Crippen molar-refractivity contribution < 1.29 is 9.90 Å². The molecule has 0 fully saturated rings. The minimum absolute atomic E-state index is 0.150. The van der Waals surface area contributed by atoms with Gasteiger partial charge in [0.15, 0.2) is 0 Å². The van der Waals surface area contributed by atoms with E-state index in [0.717, 1.165) is 24.8 Å². The van der Waals surface area contributed by atoms with Crippen LogP contribution in [0.4, 0.5) is 0 Å². The molecule has 1 atom stereocenters. The Morgan fingerprint density at radius 2 is 1.93 bits per heavy atom. The summed E-state index contributed by atoms with van der Waals surface area (Å²) in [5, 5.41) is 8.89. The lowest BCUT2D eigenvalue weighted by atomic mass is 9.97. The number of rotatable bonds is 7. The zero-order valence-electron chi connectivity index (χ0n) is 10.0. The normalized spacial score (nSPS) is 14.7. The molecule has 15 heavy (non-hydrogen) atoms. The van der Waals surface area contributed by atoms with E-state index in [4.69, 9.17) is 10.8 Å². The summed E-state index contributed by atoms with van der Waals surface area (Å²) in [5.74, 6) is -0.849. The summed E-state index contributed by atoms with van der Waals surface area (Å²) in [5.41, 5.74) is 7.07. The van der Waals surface area contributed by atoms with E-state index in [2.05, 4.69) is 6.92 Å². The van der Waals surface area contributed by atoms with Gasteiger partial charge in [-0.25, -0.2) is 4.79 Å². The lowest BCUT2D eigenvalue weighted by Gasteiger charge is -2.13. The lowest BCUT2D eigenvalue weighted by Crippen LogP contribution is -2.21. The van der Waals surface area contributed by atoms with Crippen molar-refractivity contribution in [2.45, 2.75) is 58.9 Å². The van der Waals surface area contributed by atoms with Gasteiger partial charge >= 0.3 is 5.97 Å². The number of hydrogen-bond donors (Lipinski definition) is 2. The Balaban J connectivity index is 4.29. The standard InChI is InChI=1S/C12H23NO2/c1-4-5-6-7-8-11(10(3)13)9(2)12(14)15/h10H,4-8,13H2,1-3H3,(H,14,15)/b11-9+. The predicted octanol–water partition coefficient (Wildman–Crippen LogP) is 2.71. The Morgan fingerprint density at radius 3 is 2.33 bits per heavy atom. The molecular formula is C12H23NO2. The summed E-state index contributed by atoms with van der Waals surface area (Å²) in [6.45, 7) is 5.65. The van der Waals surface area contributed by atoms with Crippen molar-refractivity contribution in [1.82, 2.24) is 0 Å². The van der Waals surface area contributed by atoms with Crippen LogP contribution in [0, 0.1) is 0 Å². The minimum atomic E-state index is -0.849. The maximum Gasteiger partial charge on any atom is 0.331 e. The molecule has 3 N–H and O–H groups in total. The molecule has 0 amide bonds. The van der Waals surface area contributed by atoms with Crippen LogP contribution in [0.3, 0.4) is 0 Å². The molecule has 0 heterocycles. The molecule has 0 bridgehead atoms. The molecule has 3 nitrogen and oxygen atoms in total. The number of nitrogens with two attached hydrogens (primary N) is 1. The van der Waals surface area contributed by atoms with Crippen LogP contribution in [0.2, 0.25) is 0 Å². The maximum atomic E-state index is 10.8. The van der Waals surface area contributed by atoms with E-state index in [0.29, 0.717) is 5.57 Å². The summed E-state index contributed by atoms with van der Waals surface area (Å²) in [6.07, 6.45) is 5.40. The summed E-state index contributed by atoms with van der Waals surface area (Å²) in [6, 6.07) is -0.150. The third-order valence-electron chi connectivity index (χ3n) is 2.65. The molecule has 0 saturated heterocycles. The average Bonchev–Trinajstić information content (AvgIpc) is 2.16. The number of carbonyl (C=O) groups is 1. The largest absolute Gasteiger partial charge is 0.478 e. The van der Waals surface area contributed by atoms with Crippen LogP contribution >= 0.6 is 0 Å². The van der Waals surface area contributed by atoms with Crippen LogP contribution in [0.1, 0.15) is 52.9 Å². The first-order valence-corrected chi connectivity index (χ1v) is 5.69. The number of carboxylic acid groups (broad SMARTS) is 1. The quantitative estimate of drug-likeness (QED) is 0.505. The van der Waals surface area contributed by atoms with Gasteiger partial charge in [-0.2, -0.15) is 0 Å². The van der Waals surface area contributed by atoms with Crippen molar-refractivity contribution in [2.24, 2.45) is 5.73 Å². The zero-order chi connectivity index (χ0) is 11.8. The highest BCUT2D eigenvalue weighted by Crippen LogP contribution is 2.17. The Hall–Kier alpha value is -0.830. The van der Waals surface area contributed by atoms with Gasteiger partial charge in [0.05, 0.1) is 0 Å². The Labute approximate surface area is 92.4 Å². The van der Waals surface area contributed by atoms with Gasteiger partial charge in [0.2, 0.25) is 0 Å². The highest BCUT2D eigenvalue weighted by atomic mass is 16.4. The molecule has 0 saturated carbocycles. The average molecular weight is 213 g/mol. The molecule has 0 aliphatic rings. The van der Waals surface area contributed by atoms with Gasteiger partial charge in [0.1, 0.15) is 0 Å². The second kappa shape index (κ2) is 7.46. The van der Waals surface area contributed by atoms with Crippen LogP contribution in [-0.4, -0.2) is 17.1 Å². The van der Waals surface area contributed by atoms with Crippen LogP contribution in [-0.2, 0) is 4.79 Å². The topological polar surface area (TPSA) is 63.3 Å². The lowest BCUT2D eigenvalue weighted by molar-refractivity contribution is -0.132. The monoisotopic (exact) mass is 213 g/mol. The number of unbranched alkanes of at least 4 members (excludes halogenated alkanes) is 3. The third kappa shape index (κ3) is 5.57. The van der Waals surface area contributed by atoms with Crippen LogP contribution in [0.15, 0.2) is 11.1 Å². The van der Waals surface area contributed by atoms with E-state index >= 15 is 0 Å². The zero-order valence-corrected chi connectivity index (χ0v) is 10.0. The molecular weight excluding hydrogens is 190 g/mol. The summed E-state index contributed by atoms with van der Waals surface area (Å²) in [4.78, 5) is 10.8. The van der Waals surface area contributed by atoms with Crippen molar-refractivity contribution in [3.63, 3.8) is 0 Å². The Kier molecular flexibility index (Phi) is 7.05. The predicted molar refractivity (Wildman–Crippen MR) is 62.7 cm³/mol. The van der Waals surface area contributed by atoms with Gasteiger partial charge in [0, 0.05) is 11.6 Å². The SMILES string of the molecule is CCCCCC/C(=C(/C)C(=O)O)C(C)N. The molecule has 0 rings (SSSR count). The van der Waals surface area contributed by atoms with E-state index in [-0.39, 0.29) is 6.04 Å². The second-order valence-corrected chi connectivity index (χ2v) is 4.05. The first kappa shape index (κ1) is 14.2. The smallest absolute Gasteiger partial charge is 0.331 e. The number of hydrogen-bond acceptors (Lipinski definition) is 2.